The van der Waals surface area contributed by atoms with Crippen LogP contribution in [0.4, 0.5) is 15.8 Å². The Balaban J connectivity index is 2.10. The number of nitro groups is 1. The van der Waals surface area contributed by atoms with Gasteiger partial charge in [0.15, 0.2) is 5.82 Å². The van der Waals surface area contributed by atoms with Crippen LogP contribution >= 0.6 is 0 Å². The number of benzene rings is 1. The van der Waals surface area contributed by atoms with Gasteiger partial charge < -0.3 is 10.2 Å². The first kappa shape index (κ1) is 15.7. The van der Waals surface area contributed by atoms with Crippen molar-refractivity contribution in [1.82, 2.24) is 4.90 Å². The first-order valence-corrected chi connectivity index (χ1v) is 7.42. The molecule has 1 N–H and O–H groups in total. The van der Waals surface area contributed by atoms with Crippen LogP contribution in [-0.2, 0) is 0 Å². The molecule has 0 aliphatic carbocycles. The van der Waals surface area contributed by atoms with Gasteiger partial charge in [0.25, 0.3) is 5.69 Å². The van der Waals surface area contributed by atoms with Gasteiger partial charge in [-0.25, -0.2) is 4.39 Å². The van der Waals surface area contributed by atoms with Gasteiger partial charge in [0.05, 0.1) is 4.92 Å². The lowest BCUT2D eigenvalue weighted by molar-refractivity contribution is -0.384. The standard InChI is InChI=1S/C15H22FN3O2/c1-11(2)18-9-4-5-12(8-10-18)17-15-13(16)6-3-7-14(15)19(20)21/h3,6-7,11-12,17H,4-5,8-10H2,1-2H3. The molecule has 2 rings (SSSR count). The summed E-state index contributed by atoms with van der Waals surface area (Å²) in [7, 11) is 0. The zero-order chi connectivity index (χ0) is 15.4. The predicted molar refractivity (Wildman–Crippen MR) is 81.0 cm³/mol. The molecule has 1 aromatic carbocycles. The van der Waals surface area contributed by atoms with E-state index in [0.29, 0.717) is 6.04 Å². The van der Waals surface area contributed by atoms with Crippen molar-refractivity contribution in [2.75, 3.05) is 18.4 Å². The third kappa shape index (κ3) is 3.91. The van der Waals surface area contributed by atoms with E-state index in [1.54, 1.807) is 0 Å². The molecule has 1 heterocycles. The molecule has 1 aliphatic heterocycles. The number of rotatable bonds is 4. The zero-order valence-electron chi connectivity index (χ0n) is 12.5. The first-order valence-electron chi connectivity index (χ1n) is 7.42. The second-order valence-electron chi connectivity index (χ2n) is 5.79. The molecule has 0 radical (unpaired) electrons. The normalized spacial score (nSPS) is 20.3. The van der Waals surface area contributed by atoms with Crippen molar-refractivity contribution in [1.29, 1.82) is 0 Å². The molecule has 0 spiro atoms. The van der Waals surface area contributed by atoms with Crippen LogP contribution in [0.15, 0.2) is 18.2 Å². The number of nitro benzene ring substituents is 1. The maximum absolute atomic E-state index is 13.9. The number of nitrogens with zero attached hydrogens (tertiary/aromatic N) is 2. The Morgan fingerprint density at radius 2 is 2.14 bits per heavy atom. The van der Waals surface area contributed by atoms with Gasteiger partial charge >= 0.3 is 0 Å². The summed E-state index contributed by atoms with van der Waals surface area (Å²) < 4.78 is 13.9. The van der Waals surface area contributed by atoms with Gasteiger partial charge in [-0.1, -0.05) is 6.07 Å². The highest BCUT2D eigenvalue weighted by Gasteiger charge is 2.23. The Morgan fingerprint density at radius 1 is 1.38 bits per heavy atom. The summed E-state index contributed by atoms with van der Waals surface area (Å²) in [5, 5.41) is 14.1. The molecule has 0 aromatic heterocycles. The monoisotopic (exact) mass is 295 g/mol. The summed E-state index contributed by atoms with van der Waals surface area (Å²) in [6.45, 7) is 6.28. The van der Waals surface area contributed by atoms with E-state index in [2.05, 4.69) is 24.1 Å². The number of anilines is 1. The minimum atomic E-state index is -0.561. The molecule has 1 aliphatic rings. The van der Waals surface area contributed by atoms with Gasteiger partial charge in [-0.3, -0.25) is 10.1 Å². The maximum Gasteiger partial charge on any atom is 0.295 e. The molecule has 1 saturated heterocycles. The van der Waals surface area contributed by atoms with E-state index in [-0.39, 0.29) is 17.4 Å². The molecule has 1 aromatic rings. The molecule has 5 nitrogen and oxygen atoms in total. The summed E-state index contributed by atoms with van der Waals surface area (Å²) >= 11 is 0. The molecule has 6 heteroatoms. The lowest BCUT2D eigenvalue weighted by Crippen LogP contribution is -2.32. The highest BCUT2D eigenvalue weighted by atomic mass is 19.1. The maximum atomic E-state index is 13.9. The highest BCUT2D eigenvalue weighted by Crippen LogP contribution is 2.29. The van der Waals surface area contributed by atoms with E-state index < -0.39 is 10.7 Å². The van der Waals surface area contributed by atoms with Gasteiger partial charge in [0.1, 0.15) is 5.69 Å². The van der Waals surface area contributed by atoms with E-state index in [1.165, 1.54) is 18.2 Å². The minimum absolute atomic E-state index is 0.0190. The molecule has 21 heavy (non-hydrogen) atoms. The van der Waals surface area contributed by atoms with Crippen molar-refractivity contribution in [2.24, 2.45) is 0 Å². The van der Waals surface area contributed by atoms with Crippen molar-refractivity contribution in [3.05, 3.63) is 34.1 Å². The summed E-state index contributed by atoms with van der Waals surface area (Å²) in [5.41, 5.74) is -0.176. The summed E-state index contributed by atoms with van der Waals surface area (Å²) in [6, 6.07) is 4.53. The largest absolute Gasteiger partial charge is 0.374 e. The van der Waals surface area contributed by atoms with Gasteiger partial charge in [0, 0.05) is 24.7 Å². The minimum Gasteiger partial charge on any atom is -0.374 e. The third-order valence-corrected chi connectivity index (χ3v) is 4.03. The SMILES string of the molecule is CC(C)N1CCCC(Nc2c(F)cccc2[N+](=O)[O-])CC1. The average molecular weight is 295 g/mol. The van der Waals surface area contributed by atoms with E-state index in [0.717, 1.165) is 32.4 Å². The number of para-hydroxylation sites is 1. The van der Waals surface area contributed by atoms with Crippen LogP contribution in [0.5, 0.6) is 0 Å². The van der Waals surface area contributed by atoms with E-state index in [1.807, 2.05) is 0 Å². The van der Waals surface area contributed by atoms with E-state index in [9.17, 15) is 14.5 Å². The van der Waals surface area contributed by atoms with Gasteiger partial charge in [-0.05, 0) is 45.7 Å². The Morgan fingerprint density at radius 3 is 2.81 bits per heavy atom. The Hall–Kier alpha value is -1.69. The molecule has 0 bridgehead atoms. The fourth-order valence-electron chi connectivity index (χ4n) is 2.79. The molecule has 1 atom stereocenters. The van der Waals surface area contributed by atoms with Crippen LogP contribution in [0.2, 0.25) is 0 Å². The van der Waals surface area contributed by atoms with Crippen molar-refractivity contribution < 1.29 is 9.31 Å². The van der Waals surface area contributed by atoms with Gasteiger partial charge in [0.2, 0.25) is 0 Å². The quantitative estimate of drug-likeness (QED) is 0.683. The number of halogens is 1. The molecule has 1 unspecified atom stereocenters. The van der Waals surface area contributed by atoms with E-state index in [4.69, 9.17) is 0 Å². The number of nitrogens with one attached hydrogen (secondary N) is 1. The summed E-state index contributed by atoms with van der Waals surface area (Å²) in [6.07, 6.45) is 2.77. The van der Waals surface area contributed by atoms with Crippen LogP contribution < -0.4 is 5.32 Å². The van der Waals surface area contributed by atoms with Crippen molar-refractivity contribution >= 4 is 11.4 Å². The van der Waals surface area contributed by atoms with Crippen molar-refractivity contribution in [3.8, 4) is 0 Å². The van der Waals surface area contributed by atoms with Gasteiger partial charge in [-0.2, -0.15) is 0 Å². The first-order chi connectivity index (χ1) is 9.99. The smallest absolute Gasteiger partial charge is 0.295 e. The van der Waals surface area contributed by atoms with Crippen molar-refractivity contribution in [2.45, 2.75) is 45.2 Å². The number of likely N-dealkylation sites (tertiary alicyclic amines) is 1. The fourth-order valence-corrected chi connectivity index (χ4v) is 2.79. The predicted octanol–water partition coefficient (Wildman–Crippen LogP) is 3.41. The molecule has 0 amide bonds. The Labute approximate surface area is 124 Å². The van der Waals surface area contributed by atoms with Crippen LogP contribution in [0.25, 0.3) is 0 Å². The summed E-state index contributed by atoms with van der Waals surface area (Å²) in [5.74, 6) is -0.561. The Bertz CT molecular complexity index is 508. The van der Waals surface area contributed by atoms with Crippen LogP contribution in [0, 0.1) is 15.9 Å². The topological polar surface area (TPSA) is 58.4 Å². The van der Waals surface area contributed by atoms with Gasteiger partial charge in [-0.15, -0.1) is 0 Å². The second-order valence-corrected chi connectivity index (χ2v) is 5.79. The third-order valence-electron chi connectivity index (χ3n) is 4.03. The zero-order valence-corrected chi connectivity index (χ0v) is 12.5. The van der Waals surface area contributed by atoms with Crippen LogP contribution in [0.3, 0.4) is 0 Å². The molecule has 0 saturated carbocycles. The fraction of sp³-hybridized carbons (Fsp3) is 0.600. The highest BCUT2D eigenvalue weighted by molar-refractivity contribution is 5.62. The molecule has 1 fully saturated rings. The average Bonchev–Trinajstić information content (AvgIpc) is 2.66. The van der Waals surface area contributed by atoms with Crippen molar-refractivity contribution in [3.63, 3.8) is 0 Å². The van der Waals surface area contributed by atoms with E-state index >= 15 is 0 Å². The number of hydrogen-bond acceptors (Lipinski definition) is 4. The number of hydrogen-bond donors (Lipinski definition) is 1. The lowest BCUT2D eigenvalue weighted by atomic mass is 10.1. The summed E-state index contributed by atoms with van der Waals surface area (Å²) in [4.78, 5) is 12.9. The Kier molecular flexibility index (Phi) is 5.12. The second kappa shape index (κ2) is 6.85. The molecular weight excluding hydrogens is 273 g/mol. The van der Waals surface area contributed by atoms with Crippen LogP contribution in [0.1, 0.15) is 33.1 Å². The molecule has 116 valence electrons. The lowest BCUT2D eigenvalue weighted by Gasteiger charge is -2.24. The molecular formula is C15H22FN3O2. The van der Waals surface area contributed by atoms with Crippen LogP contribution in [-0.4, -0.2) is 35.0 Å².